The summed E-state index contributed by atoms with van der Waals surface area (Å²) in [5, 5.41) is 7.42. The van der Waals surface area contributed by atoms with Crippen LogP contribution in [0.15, 0.2) is 24.0 Å². The molecule has 0 aliphatic rings. The van der Waals surface area contributed by atoms with Crippen molar-refractivity contribution in [2.45, 2.75) is 20.3 Å². The van der Waals surface area contributed by atoms with Crippen LogP contribution in [0, 0.1) is 5.41 Å². The van der Waals surface area contributed by atoms with Crippen LogP contribution in [0.4, 0.5) is 0 Å². The summed E-state index contributed by atoms with van der Waals surface area (Å²) in [4.78, 5) is 0. The first kappa shape index (κ1) is 9.95. The fraction of sp³-hybridized carbons (Fsp3) is 0.444. The van der Waals surface area contributed by atoms with Gasteiger partial charge in [0.05, 0.1) is 18.6 Å². The van der Waals surface area contributed by atoms with Crippen molar-refractivity contribution in [3.63, 3.8) is 0 Å². The lowest BCUT2D eigenvalue weighted by atomic mass is 10.2. The number of methoxy groups -OCH3 is 1. The second kappa shape index (κ2) is 4.72. The number of nitrogens with one attached hydrogen (secondary N) is 1. The Labute approximate surface area is 68.1 Å². The monoisotopic (exact) mass is 153 g/mol. The van der Waals surface area contributed by atoms with Gasteiger partial charge in [-0.1, -0.05) is 13.5 Å². The lowest BCUT2D eigenvalue weighted by molar-refractivity contribution is 0.281. The van der Waals surface area contributed by atoms with E-state index in [2.05, 4.69) is 6.58 Å². The minimum atomic E-state index is 0.434. The highest BCUT2D eigenvalue weighted by molar-refractivity contribution is 6.05. The van der Waals surface area contributed by atoms with Crippen molar-refractivity contribution in [2.24, 2.45) is 0 Å². The Bertz CT molecular complexity index is 186. The van der Waals surface area contributed by atoms with Crippen LogP contribution in [0.5, 0.6) is 0 Å². The first-order chi connectivity index (χ1) is 5.11. The highest BCUT2D eigenvalue weighted by atomic mass is 16.5. The molecule has 0 atom stereocenters. The first-order valence-corrected chi connectivity index (χ1v) is 3.60. The molecule has 0 fully saturated rings. The van der Waals surface area contributed by atoms with Gasteiger partial charge in [-0.2, -0.15) is 0 Å². The molecular weight excluding hydrogens is 138 g/mol. The van der Waals surface area contributed by atoms with Crippen LogP contribution in [0.25, 0.3) is 0 Å². The van der Waals surface area contributed by atoms with Crippen LogP contribution < -0.4 is 0 Å². The maximum absolute atomic E-state index is 7.42. The second-order valence-electron chi connectivity index (χ2n) is 2.36. The molecule has 0 aromatic carbocycles. The van der Waals surface area contributed by atoms with Crippen LogP contribution in [-0.4, -0.2) is 12.8 Å². The molecule has 0 saturated carbocycles. The van der Waals surface area contributed by atoms with Crippen LogP contribution in [0.3, 0.4) is 0 Å². The van der Waals surface area contributed by atoms with E-state index >= 15 is 0 Å². The summed E-state index contributed by atoms with van der Waals surface area (Å²) >= 11 is 0. The zero-order chi connectivity index (χ0) is 8.85. The molecule has 11 heavy (non-hydrogen) atoms. The summed E-state index contributed by atoms with van der Waals surface area (Å²) in [5.74, 6) is 0.818. The van der Waals surface area contributed by atoms with Gasteiger partial charge in [0.2, 0.25) is 0 Å². The predicted molar refractivity (Wildman–Crippen MR) is 47.9 cm³/mol. The first-order valence-electron chi connectivity index (χ1n) is 3.60. The Balaban J connectivity index is 4.27. The van der Waals surface area contributed by atoms with E-state index in [0.29, 0.717) is 5.71 Å². The quantitative estimate of drug-likeness (QED) is 0.488. The highest BCUT2D eigenvalue weighted by Gasteiger charge is 1.96. The molecular formula is C9H15NO. The minimum absolute atomic E-state index is 0.434. The minimum Gasteiger partial charge on any atom is -0.501 e. The fourth-order valence-electron chi connectivity index (χ4n) is 0.590. The summed E-state index contributed by atoms with van der Waals surface area (Å²) < 4.78 is 5.00. The third-order valence-corrected chi connectivity index (χ3v) is 1.38. The number of ether oxygens (including phenoxy) is 1. The van der Waals surface area contributed by atoms with Gasteiger partial charge in [0, 0.05) is 12.5 Å². The molecule has 0 saturated heterocycles. The molecule has 0 aromatic rings. The van der Waals surface area contributed by atoms with E-state index in [1.165, 1.54) is 0 Å². The summed E-state index contributed by atoms with van der Waals surface area (Å²) in [6.45, 7) is 7.45. The third kappa shape index (κ3) is 3.61. The SMILES string of the molecule is C=C(C)C(=N)/C=C(\CC)OC. The number of hydrogen-bond acceptors (Lipinski definition) is 2. The van der Waals surface area contributed by atoms with Gasteiger partial charge in [0.25, 0.3) is 0 Å². The lowest BCUT2D eigenvalue weighted by Crippen LogP contribution is -1.95. The molecule has 0 amide bonds. The molecule has 1 N–H and O–H groups in total. The molecule has 0 bridgehead atoms. The third-order valence-electron chi connectivity index (χ3n) is 1.38. The van der Waals surface area contributed by atoms with Crippen LogP contribution in [0.1, 0.15) is 20.3 Å². The molecule has 0 heterocycles. The van der Waals surface area contributed by atoms with Crippen LogP contribution >= 0.6 is 0 Å². The zero-order valence-electron chi connectivity index (χ0n) is 7.40. The number of hydrogen-bond donors (Lipinski definition) is 1. The second-order valence-corrected chi connectivity index (χ2v) is 2.36. The fourth-order valence-corrected chi connectivity index (χ4v) is 0.590. The van der Waals surface area contributed by atoms with E-state index in [-0.39, 0.29) is 0 Å². The van der Waals surface area contributed by atoms with Gasteiger partial charge in [-0.25, -0.2) is 0 Å². The van der Waals surface area contributed by atoms with Gasteiger partial charge >= 0.3 is 0 Å². The van der Waals surface area contributed by atoms with E-state index in [4.69, 9.17) is 10.1 Å². The summed E-state index contributed by atoms with van der Waals surface area (Å²) in [6.07, 6.45) is 2.51. The largest absolute Gasteiger partial charge is 0.501 e. The smallest absolute Gasteiger partial charge is 0.0974 e. The molecule has 0 spiro atoms. The van der Waals surface area contributed by atoms with Crippen molar-refractivity contribution in [1.82, 2.24) is 0 Å². The van der Waals surface area contributed by atoms with E-state index in [0.717, 1.165) is 17.8 Å². The molecule has 0 rings (SSSR count). The number of allylic oxidation sites excluding steroid dienone is 3. The van der Waals surface area contributed by atoms with Gasteiger partial charge < -0.3 is 10.1 Å². The Morgan fingerprint density at radius 3 is 2.45 bits per heavy atom. The van der Waals surface area contributed by atoms with Gasteiger partial charge in [-0.15, -0.1) is 0 Å². The average Bonchev–Trinajstić information content (AvgIpc) is 1.99. The molecule has 0 aromatic heterocycles. The topological polar surface area (TPSA) is 33.1 Å². The van der Waals surface area contributed by atoms with Crippen molar-refractivity contribution in [1.29, 1.82) is 5.41 Å². The zero-order valence-corrected chi connectivity index (χ0v) is 7.40. The molecule has 2 nitrogen and oxygen atoms in total. The Kier molecular flexibility index (Phi) is 4.27. The highest BCUT2D eigenvalue weighted by Crippen LogP contribution is 2.03. The summed E-state index contributed by atoms with van der Waals surface area (Å²) in [5.41, 5.74) is 1.19. The Morgan fingerprint density at radius 1 is 1.64 bits per heavy atom. The average molecular weight is 153 g/mol. The maximum Gasteiger partial charge on any atom is 0.0974 e. The van der Waals surface area contributed by atoms with Gasteiger partial charge in [0.1, 0.15) is 0 Å². The summed E-state index contributed by atoms with van der Waals surface area (Å²) in [7, 11) is 1.61. The standard InChI is InChI=1S/C9H15NO/c1-5-8(11-4)6-9(10)7(2)3/h6,10H,2,5H2,1,3-4H3/b8-6+,10-9?. The van der Waals surface area contributed by atoms with Crippen molar-refractivity contribution in [3.8, 4) is 0 Å². The molecule has 0 unspecified atom stereocenters. The van der Waals surface area contributed by atoms with E-state index in [9.17, 15) is 0 Å². The van der Waals surface area contributed by atoms with Gasteiger partial charge in [-0.3, -0.25) is 0 Å². The molecule has 2 heteroatoms. The predicted octanol–water partition coefficient (Wildman–Crippen LogP) is 2.52. The van der Waals surface area contributed by atoms with Gasteiger partial charge in [0.15, 0.2) is 0 Å². The van der Waals surface area contributed by atoms with Crippen molar-refractivity contribution < 1.29 is 4.74 Å². The van der Waals surface area contributed by atoms with Gasteiger partial charge in [-0.05, 0) is 12.5 Å². The molecule has 0 radical (unpaired) electrons. The summed E-state index contributed by atoms with van der Waals surface area (Å²) in [6, 6.07) is 0. The van der Waals surface area contributed by atoms with Crippen LogP contribution in [-0.2, 0) is 4.74 Å². The van der Waals surface area contributed by atoms with E-state index in [1.807, 2.05) is 13.8 Å². The van der Waals surface area contributed by atoms with Crippen molar-refractivity contribution in [3.05, 3.63) is 24.0 Å². The molecule has 0 aliphatic heterocycles. The van der Waals surface area contributed by atoms with E-state index in [1.54, 1.807) is 13.2 Å². The number of rotatable bonds is 4. The molecule has 62 valence electrons. The molecule has 0 aliphatic carbocycles. The lowest BCUT2D eigenvalue weighted by Gasteiger charge is -2.02. The van der Waals surface area contributed by atoms with E-state index < -0.39 is 0 Å². The maximum atomic E-state index is 7.42. The Morgan fingerprint density at radius 2 is 2.18 bits per heavy atom. The van der Waals surface area contributed by atoms with Crippen molar-refractivity contribution >= 4 is 5.71 Å². The Hall–Kier alpha value is -1.05. The van der Waals surface area contributed by atoms with Crippen molar-refractivity contribution in [2.75, 3.05) is 7.11 Å². The normalized spacial score (nSPS) is 11.0. The van der Waals surface area contributed by atoms with Crippen LogP contribution in [0.2, 0.25) is 0 Å².